The number of hydrogen-bond donors (Lipinski definition) is 1. The van der Waals surface area contributed by atoms with Gasteiger partial charge < -0.3 is 19.5 Å². The average molecular weight is 378 g/mol. The number of benzene rings is 2. The van der Waals surface area contributed by atoms with Gasteiger partial charge in [0.15, 0.2) is 11.5 Å². The van der Waals surface area contributed by atoms with Crippen LogP contribution >= 0.6 is 15.9 Å². The second-order valence-corrected chi connectivity index (χ2v) is 6.34. The van der Waals surface area contributed by atoms with Crippen LogP contribution in [0.5, 0.6) is 17.2 Å². The molecule has 1 unspecified atom stereocenters. The Morgan fingerprint density at radius 2 is 1.74 bits per heavy atom. The molecule has 1 atom stereocenters. The zero-order valence-corrected chi connectivity index (χ0v) is 14.9. The standard InChI is InChI=1S/C18H20BrNO3/c1-21-16-9-12-7-8-20-11-18(15(12)10-17(16)22-2)23-14-5-3-13(19)4-6-14/h3-6,9-10,18,20H,7-8,11H2,1-2H3. The number of methoxy groups -OCH3 is 2. The fourth-order valence-electron chi connectivity index (χ4n) is 2.80. The van der Waals surface area contributed by atoms with E-state index >= 15 is 0 Å². The Balaban J connectivity index is 1.94. The Hall–Kier alpha value is -1.72. The summed E-state index contributed by atoms with van der Waals surface area (Å²) in [6.45, 7) is 1.68. The van der Waals surface area contributed by atoms with E-state index < -0.39 is 0 Å². The lowest BCUT2D eigenvalue weighted by molar-refractivity contribution is 0.204. The van der Waals surface area contributed by atoms with Gasteiger partial charge in [-0.15, -0.1) is 0 Å². The second kappa shape index (κ2) is 7.23. The highest BCUT2D eigenvalue weighted by atomic mass is 79.9. The Bertz CT molecular complexity index is 673. The molecule has 1 aliphatic heterocycles. The molecule has 0 bridgehead atoms. The number of hydrogen-bond acceptors (Lipinski definition) is 4. The van der Waals surface area contributed by atoms with Crippen molar-refractivity contribution < 1.29 is 14.2 Å². The molecule has 1 aliphatic rings. The molecule has 2 aromatic carbocycles. The molecule has 3 rings (SSSR count). The Labute approximate surface area is 144 Å². The second-order valence-electron chi connectivity index (χ2n) is 5.42. The zero-order valence-electron chi connectivity index (χ0n) is 13.3. The molecule has 4 nitrogen and oxygen atoms in total. The van der Waals surface area contributed by atoms with Crippen LogP contribution in [-0.4, -0.2) is 27.3 Å². The average Bonchev–Trinajstić information content (AvgIpc) is 2.77. The number of nitrogens with one attached hydrogen (secondary N) is 1. The summed E-state index contributed by atoms with van der Waals surface area (Å²) in [5.41, 5.74) is 2.38. The summed E-state index contributed by atoms with van der Waals surface area (Å²) < 4.78 is 18.1. The first-order chi connectivity index (χ1) is 11.2. The van der Waals surface area contributed by atoms with Crippen molar-refractivity contribution in [3.05, 3.63) is 52.0 Å². The third kappa shape index (κ3) is 3.62. The normalized spacial score (nSPS) is 17.1. The van der Waals surface area contributed by atoms with Crippen LogP contribution in [0.2, 0.25) is 0 Å². The van der Waals surface area contributed by atoms with Gasteiger partial charge in [-0.2, -0.15) is 0 Å². The van der Waals surface area contributed by atoms with Gasteiger partial charge in [0.1, 0.15) is 11.9 Å². The molecule has 0 aliphatic carbocycles. The summed E-state index contributed by atoms with van der Waals surface area (Å²) in [5, 5.41) is 3.43. The van der Waals surface area contributed by atoms with Gasteiger partial charge in [0.25, 0.3) is 0 Å². The molecule has 0 fully saturated rings. The van der Waals surface area contributed by atoms with Crippen molar-refractivity contribution in [1.82, 2.24) is 5.32 Å². The third-order valence-corrected chi connectivity index (χ3v) is 4.51. The minimum atomic E-state index is -0.0616. The highest BCUT2D eigenvalue weighted by Gasteiger charge is 2.23. The van der Waals surface area contributed by atoms with Gasteiger partial charge in [-0.05, 0) is 54.9 Å². The van der Waals surface area contributed by atoms with Crippen molar-refractivity contribution in [2.75, 3.05) is 27.3 Å². The van der Waals surface area contributed by atoms with Crippen LogP contribution in [0, 0.1) is 0 Å². The summed E-state index contributed by atoms with van der Waals surface area (Å²) >= 11 is 3.45. The summed E-state index contributed by atoms with van der Waals surface area (Å²) in [5.74, 6) is 2.34. The minimum absolute atomic E-state index is 0.0616. The molecule has 1 heterocycles. The largest absolute Gasteiger partial charge is 0.493 e. The van der Waals surface area contributed by atoms with Crippen LogP contribution in [0.15, 0.2) is 40.9 Å². The van der Waals surface area contributed by atoms with Gasteiger partial charge in [-0.3, -0.25) is 0 Å². The van der Waals surface area contributed by atoms with Crippen molar-refractivity contribution in [3.63, 3.8) is 0 Å². The van der Waals surface area contributed by atoms with Gasteiger partial charge in [0.2, 0.25) is 0 Å². The molecule has 0 spiro atoms. The van der Waals surface area contributed by atoms with Crippen LogP contribution in [0.1, 0.15) is 17.2 Å². The summed E-state index contributed by atoms with van der Waals surface area (Å²) in [7, 11) is 3.32. The van der Waals surface area contributed by atoms with E-state index in [0.717, 1.165) is 46.8 Å². The Kier molecular flexibility index (Phi) is 5.08. The van der Waals surface area contributed by atoms with E-state index in [2.05, 4.69) is 27.3 Å². The molecule has 0 saturated carbocycles. The fourth-order valence-corrected chi connectivity index (χ4v) is 3.07. The molecule has 2 aromatic rings. The SMILES string of the molecule is COc1cc2c(cc1OC)C(Oc1ccc(Br)cc1)CNCC2. The summed E-state index contributed by atoms with van der Waals surface area (Å²) in [6, 6.07) is 12.0. The Morgan fingerprint density at radius 1 is 1.04 bits per heavy atom. The zero-order chi connectivity index (χ0) is 16.2. The predicted octanol–water partition coefficient (Wildman–Crippen LogP) is 3.73. The summed E-state index contributed by atoms with van der Waals surface area (Å²) in [4.78, 5) is 0. The van der Waals surface area contributed by atoms with E-state index in [1.807, 2.05) is 30.3 Å². The Morgan fingerprint density at radius 3 is 2.43 bits per heavy atom. The number of halogens is 1. The van der Waals surface area contributed by atoms with Gasteiger partial charge >= 0.3 is 0 Å². The van der Waals surface area contributed by atoms with Crippen molar-refractivity contribution in [1.29, 1.82) is 0 Å². The number of ether oxygens (including phenoxy) is 3. The van der Waals surface area contributed by atoms with E-state index in [0.29, 0.717) is 0 Å². The summed E-state index contributed by atoms with van der Waals surface area (Å²) in [6.07, 6.45) is 0.879. The lowest BCUT2D eigenvalue weighted by Crippen LogP contribution is -2.23. The molecular formula is C18H20BrNO3. The maximum atomic E-state index is 6.21. The first-order valence-corrected chi connectivity index (χ1v) is 8.38. The van der Waals surface area contributed by atoms with Crippen LogP contribution < -0.4 is 19.5 Å². The predicted molar refractivity (Wildman–Crippen MR) is 93.6 cm³/mol. The van der Waals surface area contributed by atoms with E-state index in [9.17, 15) is 0 Å². The number of rotatable bonds is 4. The molecule has 23 heavy (non-hydrogen) atoms. The molecule has 5 heteroatoms. The maximum Gasteiger partial charge on any atom is 0.161 e. The van der Waals surface area contributed by atoms with Crippen LogP contribution in [0.3, 0.4) is 0 Å². The molecule has 0 radical (unpaired) electrons. The molecule has 0 aromatic heterocycles. The van der Waals surface area contributed by atoms with E-state index in [1.54, 1.807) is 14.2 Å². The quantitative estimate of drug-likeness (QED) is 0.880. The first kappa shape index (κ1) is 16.1. The van der Waals surface area contributed by atoms with Crippen molar-refractivity contribution >= 4 is 15.9 Å². The minimum Gasteiger partial charge on any atom is -0.493 e. The lowest BCUT2D eigenvalue weighted by atomic mass is 10.00. The highest BCUT2D eigenvalue weighted by molar-refractivity contribution is 9.10. The molecule has 1 N–H and O–H groups in total. The monoisotopic (exact) mass is 377 g/mol. The molecule has 0 amide bonds. The van der Waals surface area contributed by atoms with Crippen molar-refractivity contribution in [3.8, 4) is 17.2 Å². The maximum absolute atomic E-state index is 6.21. The van der Waals surface area contributed by atoms with Crippen molar-refractivity contribution in [2.24, 2.45) is 0 Å². The third-order valence-electron chi connectivity index (χ3n) is 3.99. The van der Waals surface area contributed by atoms with E-state index in [-0.39, 0.29) is 6.10 Å². The molecular weight excluding hydrogens is 358 g/mol. The van der Waals surface area contributed by atoms with Crippen molar-refractivity contribution in [2.45, 2.75) is 12.5 Å². The first-order valence-electron chi connectivity index (χ1n) is 7.59. The van der Waals surface area contributed by atoms with E-state index in [1.165, 1.54) is 5.56 Å². The van der Waals surface area contributed by atoms with E-state index in [4.69, 9.17) is 14.2 Å². The van der Waals surface area contributed by atoms with Crippen LogP contribution in [0.4, 0.5) is 0 Å². The van der Waals surface area contributed by atoms with Gasteiger partial charge in [-0.1, -0.05) is 15.9 Å². The lowest BCUT2D eigenvalue weighted by Gasteiger charge is -2.21. The van der Waals surface area contributed by atoms with Crippen LogP contribution in [0.25, 0.3) is 0 Å². The van der Waals surface area contributed by atoms with Gasteiger partial charge in [-0.25, -0.2) is 0 Å². The molecule has 0 saturated heterocycles. The molecule has 122 valence electrons. The number of fused-ring (bicyclic) bond motifs is 1. The van der Waals surface area contributed by atoms with Crippen LogP contribution in [-0.2, 0) is 6.42 Å². The fraction of sp³-hybridized carbons (Fsp3) is 0.333. The van der Waals surface area contributed by atoms with Gasteiger partial charge in [0, 0.05) is 16.6 Å². The van der Waals surface area contributed by atoms with Gasteiger partial charge in [0.05, 0.1) is 14.2 Å². The smallest absolute Gasteiger partial charge is 0.161 e. The topological polar surface area (TPSA) is 39.7 Å². The highest BCUT2D eigenvalue weighted by Crippen LogP contribution is 2.36.